The van der Waals surface area contributed by atoms with Crippen LogP contribution in [0.25, 0.3) is 11.0 Å². The van der Waals surface area contributed by atoms with Crippen LogP contribution < -0.4 is 10.1 Å². The van der Waals surface area contributed by atoms with Gasteiger partial charge in [0.2, 0.25) is 11.8 Å². The summed E-state index contributed by atoms with van der Waals surface area (Å²) in [7, 11) is 1.32. The van der Waals surface area contributed by atoms with E-state index in [0.717, 1.165) is 16.7 Å². The molecule has 140 valence electrons. The molecular formula is C20H14BrN3O4. The van der Waals surface area contributed by atoms with E-state index in [-0.39, 0.29) is 5.88 Å². The predicted molar refractivity (Wildman–Crippen MR) is 107 cm³/mol. The quantitative estimate of drug-likeness (QED) is 0.421. The monoisotopic (exact) mass is 439 g/mol. The molecule has 4 rings (SSSR count). The van der Waals surface area contributed by atoms with Crippen molar-refractivity contribution in [2.24, 2.45) is 0 Å². The van der Waals surface area contributed by atoms with Gasteiger partial charge in [0.15, 0.2) is 0 Å². The average molecular weight is 440 g/mol. The highest BCUT2D eigenvalue weighted by Gasteiger charge is 2.15. The highest BCUT2D eigenvalue weighted by Crippen LogP contribution is 2.31. The van der Waals surface area contributed by atoms with Crippen molar-refractivity contribution in [3.8, 4) is 11.6 Å². The number of carbonyl (C=O) groups is 1. The van der Waals surface area contributed by atoms with Gasteiger partial charge < -0.3 is 19.2 Å². The molecule has 0 amide bonds. The molecule has 28 heavy (non-hydrogen) atoms. The summed E-state index contributed by atoms with van der Waals surface area (Å²) in [6.45, 7) is 0. The molecule has 0 bridgehead atoms. The molecular weight excluding hydrogens is 426 g/mol. The first-order chi connectivity index (χ1) is 13.6. The molecule has 0 fully saturated rings. The lowest BCUT2D eigenvalue weighted by molar-refractivity contribution is 0.0598. The second-order valence-corrected chi connectivity index (χ2v) is 6.59. The van der Waals surface area contributed by atoms with Gasteiger partial charge in [0.05, 0.1) is 24.0 Å². The third kappa shape index (κ3) is 3.67. The SMILES string of the molecule is COC(=O)c1ccccc1Oc1nc(Nc2ccc3occc3c2)ncc1Br. The fourth-order valence-electron chi connectivity index (χ4n) is 2.60. The van der Waals surface area contributed by atoms with Gasteiger partial charge in [-0.1, -0.05) is 12.1 Å². The molecule has 0 aliphatic heterocycles. The number of hydrogen-bond donors (Lipinski definition) is 1. The van der Waals surface area contributed by atoms with E-state index < -0.39 is 5.97 Å². The lowest BCUT2D eigenvalue weighted by Crippen LogP contribution is -2.05. The van der Waals surface area contributed by atoms with Gasteiger partial charge in [-0.2, -0.15) is 4.98 Å². The molecule has 0 atom stereocenters. The smallest absolute Gasteiger partial charge is 0.341 e. The number of halogens is 1. The van der Waals surface area contributed by atoms with E-state index in [1.165, 1.54) is 7.11 Å². The molecule has 2 heterocycles. The van der Waals surface area contributed by atoms with Crippen LogP contribution in [-0.4, -0.2) is 23.0 Å². The molecule has 0 saturated heterocycles. The first kappa shape index (κ1) is 18.0. The Kier molecular flexibility index (Phi) is 4.94. The van der Waals surface area contributed by atoms with E-state index in [9.17, 15) is 4.79 Å². The van der Waals surface area contributed by atoms with Gasteiger partial charge in [-0.15, -0.1) is 0 Å². The summed E-state index contributed by atoms with van der Waals surface area (Å²) in [4.78, 5) is 20.6. The molecule has 0 aliphatic rings. The largest absolute Gasteiger partial charge is 0.465 e. The average Bonchev–Trinajstić information content (AvgIpc) is 3.18. The summed E-state index contributed by atoms with van der Waals surface area (Å²) in [6.07, 6.45) is 3.21. The first-order valence-electron chi connectivity index (χ1n) is 8.26. The van der Waals surface area contributed by atoms with Crippen LogP contribution >= 0.6 is 15.9 Å². The van der Waals surface area contributed by atoms with Crippen molar-refractivity contribution in [2.45, 2.75) is 0 Å². The zero-order valence-corrected chi connectivity index (χ0v) is 16.3. The van der Waals surface area contributed by atoms with Crippen LogP contribution in [0.3, 0.4) is 0 Å². The van der Waals surface area contributed by atoms with E-state index in [4.69, 9.17) is 13.9 Å². The fourth-order valence-corrected chi connectivity index (χ4v) is 2.87. The number of ether oxygens (including phenoxy) is 2. The highest BCUT2D eigenvalue weighted by molar-refractivity contribution is 9.10. The Hall–Kier alpha value is -3.39. The topological polar surface area (TPSA) is 86.5 Å². The summed E-state index contributed by atoms with van der Waals surface area (Å²) in [5, 5.41) is 4.09. The minimum Gasteiger partial charge on any atom is -0.465 e. The predicted octanol–water partition coefficient (Wildman–Crippen LogP) is 5.31. The lowest BCUT2D eigenvalue weighted by Gasteiger charge is -2.11. The van der Waals surface area contributed by atoms with Crippen LogP contribution in [0, 0.1) is 0 Å². The number of hydrogen-bond acceptors (Lipinski definition) is 7. The molecule has 2 aromatic heterocycles. The van der Waals surface area contributed by atoms with Crippen molar-refractivity contribution in [3.63, 3.8) is 0 Å². The molecule has 0 unspecified atom stereocenters. The molecule has 2 aromatic carbocycles. The summed E-state index contributed by atoms with van der Waals surface area (Å²) in [5.74, 6) is 0.446. The zero-order valence-electron chi connectivity index (χ0n) is 14.7. The van der Waals surface area contributed by atoms with Gasteiger partial charge in [0.25, 0.3) is 0 Å². The van der Waals surface area contributed by atoms with Crippen LogP contribution in [0.4, 0.5) is 11.6 Å². The minimum absolute atomic E-state index is 0.262. The van der Waals surface area contributed by atoms with Crippen LogP contribution in [-0.2, 0) is 4.74 Å². The van der Waals surface area contributed by atoms with Crippen molar-refractivity contribution in [1.82, 2.24) is 9.97 Å². The number of carbonyl (C=O) groups excluding carboxylic acids is 1. The Labute approximate surface area is 168 Å². The van der Waals surface area contributed by atoms with Crippen LogP contribution in [0.1, 0.15) is 10.4 Å². The van der Waals surface area contributed by atoms with E-state index in [2.05, 4.69) is 31.2 Å². The number of nitrogens with one attached hydrogen (secondary N) is 1. The number of esters is 1. The van der Waals surface area contributed by atoms with Gasteiger partial charge in [-0.25, -0.2) is 9.78 Å². The van der Waals surface area contributed by atoms with E-state index >= 15 is 0 Å². The standard InChI is InChI=1S/C20H14BrN3O4/c1-26-19(25)14-4-2-3-5-17(14)28-18-15(21)11-22-20(24-18)23-13-6-7-16-12(10-13)8-9-27-16/h2-11H,1H3,(H,22,23,24). The van der Waals surface area contributed by atoms with Crippen molar-refractivity contribution in [2.75, 3.05) is 12.4 Å². The summed E-state index contributed by atoms with van der Waals surface area (Å²) in [5.41, 5.74) is 1.90. The summed E-state index contributed by atoms with van der Waals surface area (Å²) >= 11 is 3.37. The van der Waals surface area contributed by atoms with Crippen molar-refractivity contribution >= 4 is 44.5 Å². The second kappa shape index (κ2) is 7.69. The number of benzene rings is 2. The number of furan rings is 1. The molecule has 0 radical (unpaired) electrons. The number of anilines is 2. The molecule has 0 aliphatic carbocycles. The zero-order chi connectivity index (χ0) is 19.5. The molecule has 8 heteroatoms. The van der Waals surface area contributed by atoms with Crippen LogP contribution in [0.5, 0.6) is 11.6 Å². The summed E-state index contributed by atoms with van der Waals surface area (Å²) < 4.78 is 16.5. The molecule has 0 spiro atoms. The second-order valence-electron chi connectivity index (χ2n) is 5.73. The Morgan fingerprint density at radius 1 is 1.18 bits per heavy atom. The molecule has 7 nitrogen and oxygen atoms in total. The van der Waals surface area contributed by atoms with Crippen molar-refractivity contribution < 1.29 is 18.7 Å². The Bertz CT molecular complexity index is 1160. The van der Waals surface area contributed by atoms with Gasteiger partial charge in [-0.3, -0.25) is 0 Å². The number of methoxy groups -OCH3 is 1. The Balaban J connectivity index is 1.62. The highest BCUT2D eigenvalue weighted by atomic mass is 79.9. The van der Waals surface area contributed by atoms with Gasteiger partial charge in [0, 0.05) is 11.1 Å². The molecule has 4 aromatic rings. The van der Waals surface area contributed by atoms with Gasteiger partial charge in [0.1, 0.15) is 16.9 Å². The van der Waals surface area contributed by atoms with E-state index in [1.54, 1.807) is 36.7 Å². The maximum absolute atomic E-state index is 11.9. The van der Waals surface area contributed by atoms with Crippen LogP contribution in [0.15, 0.2) is 69.9 Å². The first-order valence-corrected chi connectivity index (χ1v) is 9.05. The Morgan fingerprint density at radius 3 is 2.89 bits per heavy atom. The van der Waals surface area contributed by atoms with E-state index in [1.807, 2.05) is 24.3 Å². The number of aromatic nitrogens is 2. The maximum Gasteiger partial charge on any atom is 0.341 e. The van der Waals surface area contributed by atoms with E-state index in [0.29, 0.717) is 21.7 Å². The van der Waals surface area contributed by atoms with Gasteiger partial charge in [-0.05, 0) is 52.3 Å². The molecule has 1 N–H and O–H groups in total. The van der Waals surface area contributed by atoms with Crippen LogP contribution in [0.2, 0.25) is 0 Å². The van der Waals surface area contributed by atoms with Gasteiger partial charge >= 0.3 is 5.97 Å². The van der Waals surface area contributed by atoms with Crippen molar-refractivity contribution in [3.05, 3.63) is 71.0 Å². The number of rotatable bonds is 5. The minimum atomic E-state index is -0.493. The Morgan fingerprint density at radius 2 is 2.04 bits per heavy atom. The number of para-hydroxylation sites is 1. The maximum atomic E-state index is 11.9. The van der Waals surface area contributed by atoms with Crippen molar-refractivity contribution in [1.29, 1.82) is 0 Å². The molecule has 0 saturated carbocycles. The normalized spacial score (nSPS) is 10.6. The number of fused-ring (bicyclic) bond motifs is 1. The lowest BCUT2D eigenvalue weighted by atomic mass is 10.2. The number of nitrogens with zero attached hydrogens (tertiary/aromatic N) is 2. The third-order valence-electron chi connectivity index (χ3n) is 3.92. The third-order valence-corrected chi connectivity index (χ3v) is 4.46. The summed E-state index contributed by atoms with van der Waals surface area (Å²) in [6, 6.07) is 14.3. The fraction of sp³-hybridized carbons (Fsp3) is 0.0500.